The Morgan fingerprint density at radius 3 is 2.90 bits per heavy atom. The molecule has 0 bridgehead atoms. The highest BCUT2D eigenvalue weighted by atomic mass is 32.2. The molecule has 2 atom stereocenters. The molecule has 1 aliphatic carbocycles. The van der Waals surface area contributed by atoms with E-state index in [1.54, 1.807) is 0 Å². The normalized spacial score (nSPS) is 26.9. The number of nitrogens with two attached hydrogens (primary N) is 1. The molecule has 2 unspecified atom stereocenters. The number of hydrogen-bond acceptors (Lipinski definition) is 5. The fraction of sp³-hybridized carbons (Fsp3) is 0.769. The van der Waals surface area contributed by atoms with Crippen molar-refractivity contribution in [3.05, 3.63) is 6.20 Å². The molecule has 4 N–H and O–H groups in total. The quantitative estimate of drug-likeness (QED) is 0.741. The zero-order valence-corrected chi connectivity index (χ0v) is 13.4. The Kier molecular flexibility index (Phi) is 4.60. The van der Waals surface area contributed by atoms with Gasteiger partial charge in [0.05, 0.1) is 5.60 Å². The molecule has 0 spiro atoms. The first-order valence-corrected chi connectivity index (χ1v) is 8.79. The summed E-state index contributed by atoms with van der Waals surface area (Å²) in [5.74, 6) is 0.384. The van der Waals surface area contributed by atoms with E-state index in [-0.39, 0.29) is 17.3 Å². The molecule has 21 heavy (non-hydrogen) atoms. The standard InChI is InChI=1S/C13H24N4O3S/c1-3-17-8-11(12(14)16-17)21(19,20)15-9-13(18)6-4-5-10(2)7-13/h8,10,15,18H,3-7,9H2,1-2H3,(H2,14,16). The van der Waals surface area contributed by atoms with Crippen LogP contribution in [0.1, 0.15) is 39.5 Å². The van der Waals surface area contributed by atoms with Crippen molar-refractivity contribution in [2.24, 2.45) is 5.92 Å². The van der Waals surface area contributed by atoms with E-state index >= 15 is 0 Å². The molecule has 1 aromatic heterocycles. The molecule has 0 amide bonds. The van der Waals surface area contributed by atoms with Crippen LogP contribution in [0.2, 0.25) is 0 Å². The Balaban J connectivity index is 2.09. The summed E-state index contributed by atoms with van der Waals surface area (Å²) in [6.07, 6.45) is 4.62. The maximum absolute atomic E-state index is 12.3. The predicted molar refractivity (Wildman–Crippen MR) is 80.1 cm³/mol. The van der Waals surface area contributed by atoms with Gasteiger partial charge in [-0.05, 0) is 25.7 Å². The van der Waals surface area contributed by atoms with E-state index in [1.807, 2.05) is 6.92 Å². The molecule has 1 aliphatic rings. The van der Waals surface area contributed by atoms with Crippen molar-refractivity contribution in [3.63, 3.8) is 0 Å². The zero-order chi connectivity index (χ0) is 15.7. The van der Waals surface area contributed by atoms with Gasteiger partial charge in [-0.15, -0.1) is 0 Å². The molecule has 0 saturated heterocycles. The van der Waals surface area contributed by atoms with Crippen LogP contribution >= 0.6 is 0 Å². The minimum absolute atomic E-state index is 0.0103. The third kappa shape index (κ3) is 3.75. The predicted octanol–water partition coefficient (Wildman–Crippen LogP) is 0.705. The fourth-order valence-electron chi connectivity index (χ4n) is 2.89. The van der Waals surface area contributed by atoms with Gasteiger partial charge in [0.25, 0.3) is 0 Å². The largest absolute Gasteiger partial charge is 0.389 e. The first-order valence-electron chi connectivity index (χ1n) is 7.31. The molecule has 1 aromatic rings. The van der Waals surface area contributed by atoms with Crippen LogP contribution < -0.4 is 10.5 Å². The summed E-state index contributed by atoms with van der Waals surface area (Å²) < 4.78 is 28.5. The number of aromatic nitrogens is 2. The molecule has 0 aromatic carbocycles. The Labute approximate surface area is 125 Å². The van der Waals surface area contributed by atoms with Gasteiger partial charge in [0.1, 0.15) is 4.90 Å². The summed E-state index contributed by atoms with van der Waals surface area (Å²) >= 11 is 0. The molecule has 0 aliphatic heterocycles. The van der Waals surface area contributed by atoms with E-state index in [1.165, 1.54) is 10.9 Å². The van der Waals surface area contributed by atoms with Gasteiger partial charge in [0, 0.05) is 19.3 Å². The van der Waals surface area contributed by atoms with Gasteiger partial charge in [0.2, 0.25) is 10.0 Å². The van der Waals surface area contributed by atoms with Gasteiger partial charge >= 0.3 is 0 Å². The summed E-state index contributed by atoms with van der Waals surface area (Å²) in [5, 5.41) is 14.4. The molecular formula is C13H24N4O3S. The molecule has 0 radical (unpaired) electrons. The molecule has 1 saturated carbocycles. The van der Waals surface area contributed by atoms with Crippen LogP contribution in [-0.2, 0) is 16.6 Å². The van der Waals surface area contributed by atoms with Crippen LogP contribution in [0, 0.1) is 5.92 Å². The average molecular weight is 316 g/mol. The van der Waals surface area contributed by atoms with E-state index in [9.17, 15) is 13.5 Å². The number of hydrogen-bond donors (Lipinski definition) is 3. The van der Waals surface area contributed by atoms with Crippen molar-refractivity contribution in [2.45, 2.75) is 56.6 Å². The monoisotopic (exact) mass is 316 g/mol. The minimum atomic E-state index is -3.75. The fourth-order valence-corrected chi connectivity index (χ4v) is 4.08. The lowest BCUT2D eigenvalue weighted by Gasteiger charge is -2.35. The molecule has 120 valence electrons. The van der Waals surface area contributed by atoms with Crippen LogP contribution in [-0.4, -0.2) is 35.5 Å². The lowest BCUT2D eigenvalue weighted by molar-refractivity contribution is -0.00751. The van der Waals surface area contributed by atoms with E-state index in [0.29, 0.717) is 25.3 Å². The summed E-state index contributed by atoms with van der Waals surface area (Å²) in [6, 6.07) is 0. The van der Waals surface area contributed by atoms with E-state index in [2.05, 4.69) is 16.7 Å². The van der Waals surface area contributed by atoms with Crippen molar-refractivity contribution >= 4 is 15.8 Å². The van der Waals surface area contributed by atoms with Gasteiger partial charge in [-0.1, -0.05) is 19.8 Å². The zero-order valence-electron chi connectivity index (χ0n) is 12.5. The number of sulfonamides is 1. The number of aryl methyl sites for hydroxylation is 1. The molecule has 1 heterocycles. The summed E-state index contributed by atoms with van der Waals surface area (Å²) in [4.78, 5) is -0.0307. The Hall–Kier alpha value is -1.12. The van der Waals surface area contributed by atoms with Gasteiger partial charge < -0.3 is 10.8 Å². The van der Waals surface area contributed by atoms with Gasteiger partial charge in [0.15, 0.2) is 5.82 Å². The van der Waals surface area contributed by atoms with E-state index in [4.69, 9.17) is 5.73 Å². The highest BCUT2D eigenvalue weighted by Gasteiger charge is 2.34. The topological polar surface area (TPSA) is 110 Å². The molecule has 7 nitrogen and oxygen atoms in total. The number of nitrogen functional groups attached to an aromatic ring is 1. The Bertz CT molecular complexity index is 599. The van der Waals surface area contributed by atoms with E-state index in [0.717, 1.165) is 12.8 Å². The van der Waals surface area contributed by atoms with Crippen LogP contribution in [0.3, 0.4) is 0 Å². The van der Waals surface area contributed by atoms with E-state index < -0.39 is 15.6 Å². The highest BCUT2D eigenvalue weighted by Crippen LogP contribution is 2.32. The molecular weight excluding hydrogens is 292 g/mol. The van der Waals surface area contributed by atoms with Crippen LogP contribution in [0.4, 0.5) is 5.82 Å². The number of nitrogens with one attached hydrogen (secondary N) is 1. The summed E-state index contributed by atoms with van der Waals surface area (Å²) in [6.45, 7) is 4.47. The van der Waals surface area contributed by atoms with Gasteiger partial charge in [-0.3, -0.25) is 4.68 Å². The first kappa shape index (κ1) is 16.3. The smallest absolute Gasteiger partial charge is 0.245 e. The summed E-state index contributed by atoms with van der Waals surface area (Å²) in [7, 11) is -3.75. The third-order valence-electron chi connectivity index (χ3n) is 4.03. The number of aliphatic hydroxyl groups is 1. The summed E-state index contributed by atoms with van der Waals surface area (Å²) in [5.41, 5.74) is 4.68. The van der Waals surface area contributed by atoms with Crippen LogP contribution in [0.25, 0.3) is 0 Å². The number of nitrogens with zero attached hydrogens (tertiary/aromatic N) is 2. The van der Waals surface area contributed by atoms with Crippen molar-refractivity contribution in [3.8, 4) is 0 Å². The minimum Gasteiger partial charge on any atom is -0.389 e. The SMILES string of the molecule is CCn1cc(S(=O)(=O)NCC2(O)CCCC(C)C2)c(N)n1. The van der Waals surface area contributed by atoms with Crippen molar-refractivity contribution in [2.75, 3.05) is 12.3 Å². The Morgan fingerprint density at radius 1 is 1.62 bits per heavy atom. The number of anilines is 1. The molecule has 8 heteroatoms. The van der Waals surface area contributed by atoms with Gasteiger partial charge in [-0.25, -0.2) is 13.1 Å². The third-order valence-corrected chi connectivity index (χ3v) is 5.45. The van der Waals surface area contributed by atoms with Crippen molar-refractivity contribution < 1.29 is 13.5 Å². The van der Waals surface area contributed by atoms with Crippen LogP contribution in [0.5, 0.6) is 0 Å². The maximum atomic E-state index is 12.3. The van der Waals surface area contributed by atoms with Crippen LogP contribution in [0.15, 0.2) is 11.1 Å². The number of rotatable bonds is 5. The van der Waals surface area contributed by atoms with Crippen molar-refractivity contribution in [1.29, 1.82) is 0 Å². The van der Waals surface area contributed by atoms with Gasteiger partial charge in [-0.2, -0.15) is 5.10 Å². The molecule has 2 rings (SSSR count). The second-order valence-electron chi connectivity index (χ2n) is 5.98. The lowest BCUT2D eigenvalue weighted by atomic mass is 9.79. The first-order chi connectivity index (χ1) is 9.76. The van der Waals surface area contributed by atoms with Crippen molar-refractivity contribution in [1.82, 2.24) is 14.5 Å². The second kappa shape index (κ2) is 5.94. The maximum Gasteiger partial charge on any atom is 0.245 e. The average Bonchev–Trinajstić information content (AvgIpc) is 2.79. The lowest BCUT2D eigenvalue weighted by Crippen LogP contribution is -2.45. The highest BCUT2D eigenvalue weighted by molar-refractivity contribution is 7.89. The Morgan fingerprint density at radius 2 is 2.33 bits per heavy atom. The molecule has 1 fully saturated rings. The second-order valence-corrected chi connectivity index (χ2v) is 7.72.